The highest BCUT2D eigenvalue weighted by atomic mass is 16.4. The van der Waals surface area contributed by atoms with Gasteiger partial charge in [0, 0.05) is 13.1 Å². The van der Waals surface area contributed by atoms with E-state index in [1.165, 1.54) is 4.90 Å². The Morgan fingerprint density at radius 3 is 2.43 bits per heavy atom. The van der Waals surface area contributed by atoms with Gasteiger partial charge in [-0.2, -0.15) is 0 Å². The predicted molar refractivity (Wildman–Crippen MR) is 78.2 cm³/mol. The molecule has 0 aromatic rings. The summed E-state index contributed by atoms with van der Waals surface area (Å²) in [6, 6.07) is -0.613. The van der Waals surface area contributed by atoms with Gasteiger partial charge in [-0.25, -0.2) is 0 Å². The molecule has 1 fully saturated rings. The van der Waals surface area contributed by atoms with Gasteiger partial charge in [0.05, 0.1) is 12.0 Å². The molecule has 0 aliphatic carbocycles. The molecule has 120 valence electrons. The van der Waals surface area contributed by atoms with E-state index in [0.717, 1.165) is 0 Å². The molecule has 8 heteroatoms. The van der Waals surface area contributed by atoms with Gasteiger partial charge >= 0.3 is 13.1 Å². The summed E-state index contributed by atoms with van der Waals surface area (Å²) in [6.45, 7) is 4.26. The van der Waals surface area contributed by atoms with Crippen LogP contribution < -0.4 is 5.73 Å². The van der Waals surface area contributed by atoms with Crippen molar-refractivity contribution in [2.75, 3.05) is 13.1 Å². The highest BCUT2D eigenvalue weighted by molar-refractivity contribution is 6.40. The minimum Gasteiger partial charge on any atom is -0.481 e. The molecular formula is C13H25BN2O5. The number of nitrogens with two attached hydrogens (primary N) is 1. The minimum atomic E-state index is -1.37. The molecule has 1 amide bonds. The first-order valence-corrected chi connectivity index (χ1v) is 7.37. The summed E-state index contributed by atoms with van der Waals surface area (Å²) in [6.07, 6.45) is 1.28. The van der Waals surface area contributed by atoms with Crippen LogP contribution >= 0.6 is 0 Å². The fourth-order valence-electron chi connectivity index (χ4n) is 2.68. The van der Waals surface area contributed by atoms with Crippen molar-refractivity contribution in [3.63, 3.8) is 0 Å². The smallest absolute Gasteiger partial charge is 0.451 e. The van der Waals surface area contributed by atoms with Gasteiger partial charge in [0.1, 0.15) is 0 Å². The standard InChI is InChI=1S/C13H25BN2O5/c1-8(2)11(15)12(17)16-6-9(4-3-5-14(20)21)10(7-16)13(18)19/h8-11,20-21H,3-7,15H2,1-2H3,(H,18,19). The van der Waals surface area contributed by atoms with Gasteiger partial charge in [0.2, 0.25) is 5.91 Å². The van der Waals surface area contributed by atoms with Gasteiger partial charge in [-0.05, 0) is 24.6 Å². The maximum absolute atomic E-state index is 12.2. The summed E-state index contributed by atoms with van der Waals surface area (Å²) in [4.78, 5) is 25.1. The van der Waals surface area contributed by atoms with Crippen LogP contribution in [0.1, 0.15) is 26.7 Å². The Morgan fingerprint density at radius 1 is 1.33 bits per heavy atom. The third-order valence-corrected chi connectivity index (χ3v) is 4.11. The lowest BCUT2D eigenvalue weighted by Gasteiger charge is -2.23. The van der Waals surface area contributed by atoms with E-state index in [0.29, 0.717) is 19.4 Å². The van der Waals surface area contributed by atoms with Crippen molar-refractivity contribution in [3.05, 3.63) is 0 Å². The second-order valence-corrected chi connectivity index (χ2v) is 6.13. The molecule has 0 aromatic heterocycles. The van der Waals surface area contributed by atoms with E-state index in [9.17, 15) is 14.7 Å². The third-order valence-electron chi connectivity index (χ3n) is 4.11. The fraction of sp³-hybridized carbons (Fsp3) is 0.846. The molecule has 0 bridgehead atoms. The lowest BCUT2D eigenvalue weighted by atomic mass is 9.80. The number of carbonyl (C=O) groups excluding carboxylic acids is 1. The van der Waals surface area contributed by atoms with Gasteiger partial charge in [0.15, 0.2) is 0 Å². The summed E-state index contributed by atoms with van der Waals surface area (Å²) in [5.74, 6) is -1.89. The predicted octanol–water partition coefficient (Wildman–Crippen LogP) is -0.618. The van der Waals surface area contributed by atoms with Crippen molar-refractivity contribution in [3.8, 4) is 0 Å². The minimum absolute atomic E-state index is 0.00404. The molecule has 1 heterocycles. The molecule has 7 nitrogen and oxygen atoms in total. The zero-order valence-corrected chi connectivity index (χ0v) is 12.6. The van der Waals surface area contributed by atoms with E-state index < -0.39 is 25.0 Å². The van der Waals surface area contributed by atoms with Crippen LogP contribution in [-0.2, 0) is 9.59 Å². The van der Waals surface area contributed by atoms with Crippen molar-refractivity contribution in [2.24, 2.45) is 23.5 Å². The van der Waals surface area contributed by atoms with E-state index in [1.807, 2.05) is 13.8 Å². The summed E-state index contributed by atoms with van der Waals surface area (Å²) >= 11 is 0. The van der Waals surface area contributed by atoms with Crippen molar-refractivity contribution >= 4 is 19.0 Å². The van der Waals surface area contributed by atoms with Crippen LogP contribution in [0, 0.1) is 17.8 Å². The van der Waals surface area contributed by atoms with Gasteiger partial charge in [-0.3, -0.25) is 9.59 Å². The quantitative estimate of drug-likeness (QED) is 0.465. The highest BCUT2D eigenvalue weighted by Crippen LogP contribution is 2.29. The Labute approximate surface area is 125 Å². The average molecular weight is 300 g/mol. The van der Waals surface area contributed by atoms with Crippen LogP contribution in [-0.4, -0.2) is 58.2 Å². The number of aliphatic carboxylic acids is 1. The first-order chi connectivity index (χ1) is 9.73. The van der Waals surface area contributed by atoms with E-state index in [-0.39, 0.29) is 30.6 Å². The van der Waals surface area contributed by atoms with E-state index in [2.05, 4.69) is 0 Å². The molecule has 3 atom stereocenters. The SMILES string of the molecule is CC(C)C(N)C(=O)N1CC(CCCB(O)O)C(C(=O)O)C1. The fourth-order valence-corrected chi connectivity index (χ4v) is 2.68. The van der Waals surface area contributed by atoms with E-state index >= 15 is 0 Å². The monoisotopic (exact) mass is 300 g/mol. The Balaban J connectivity index is 2.64. The molecule has 1 saturated heterocycles. The molecule has 0 spiro atoms. The molecule has 1 aliphatic heterocycles. The van der Waals surface area contributed by atoms with Crippen LogP contribution in [0.3, 0.4) is 0 Å². The molecule has 0 saturated carbocycles. The van der Waals surface area contributed by atoms with Gasteiger partial charge in [0.25, 0.3) is 0 Å². The molecular weight excluding hydrogens is 275 g/mol. The van der Waals surface area contributed by atoms with Crippen molar-refractivity contribution < 1.29 is 24.7 Å². The molecule has 21 heavy (non-hydrogen) atoms. The van der Waals surface area contributed by atoms with Crippen LogP contribution in [0.4, 0.5) is 0 Å². The average Bonchev–Trinajstić information content (AvgIpc) is 2.80. The molecule has 0 aromatic carbocycles. The largest absolute Gasteiger partial charge is 0.481 e. The van der Waals surface area contributed by atoms with Crippen LogP contribution in [0.5, 0.6) is 0 Å². The maximum atomic E-state index is 12.2. The van der Waals surface area contributed by atoms with E-state index in [1.54, 1.807) is 0 Å². The number of nitrogens with zero attached hydrogens (tertiary/aromatic N) is 1. The van der Waals surface area contributed by atoms with Crippen LogP contribution in [0.15, 0.2) is 0 Å². The zero-order valence-electron chi connectivity index (χ0n) is 12.6. The van der Waals surface area contributed by atoms with Crippen LogP contribution in [0.2, 0.25) is 6.32 Å². The number of likely N-dealkylation sites (tertiary alicyclic amines) is 1. The number of hydrogen-bond acceptors (Lipinski definition) is 5. The van der Waals surface area contributed by atoms with Gasteiger partial charge in [-0.15, -0.1) is 0 Å². The first-order valence-electron chi connectivity index (χ1n) is 7.37. The van der Waals surface area contributed by atoms with Crippen molar-refractivity contribution in [2.45, 2.75) is 39.1 Å². The van der Waals surface area contributed by atoms with Gasteiger partial charge < -0.3 is 25.8 Å². The summed E-state index contributed by atoms with van der Waals surface area (Å²) in [7, 11) is -1.37. The van der Waals surface area contributed by atoms with Crippen molar-refractivity contribution in [1.82, 2.24) is 4.90 Å². The summed E-state index contributed by atoms with van der Waals surface area (Å²) in [5, 5.41) is 26.9. The number of carboxylic acids is 1. The Bertz CT molecular complexity index is 378. The lowest BCUT2D eigenvalue weighted by molar-refractivity contribution is -0.142. The second kappa shape index (κ2) is 7.77. The highest BCUT2D eigenvalue weighted by Gasteiger charge is 2.40. The van der Waals surface area contributed by atoms with E-state index in [4.69, 9.17) is 15.8 Å². The zero-order chi connectivity index (χ0) is 16.2. The number of carboxylic acid groups (broad SMARTS) is 1. The normalized spacial score (nSPS) is 23.4. The molecule has 3 unspecified atom stereocenters. The second-order valence-electron chi connectivity index (χ2n) is 6.13. The Hall–Kier alpha value is -1.12. The lowest BCUT2D eigenvalue weighted by Crippen LogP contribution is -2.45. The maximum Gasteiger partial charge on any atom is 0.451 e. The number of rotatable bonds is 7. The summed E-state index contributed by atoms with van der Waals surface area (Å²) < 4.78 is 0. The van der Waals surface area contributed by atoms with Gasteiger partial charge in [-0.1, -0.05) is 20.3 Å². The number of amides is 1. The van der Waals surface area contributed by atoms with Crippen molar-refractivity contribution in [1.29, 1.82) is 0 Å². The molecule has 1 rings (SSSR count). The molecule has 0 radical (unpaired) electrons. The Morgan fingerprint density at radius 2 is 1.95 bits per heavy atom. The molecule has 1 aliphatic rings. The Kier molecular flexibility index (Phi) is 6.63. The topological polar surface area (TPSA) is 124 Å². The molecule has 5 N–H and O–H groups in total. The third kappa shape index (κ3) is 4.98. The van der Waals surface area contributed by atoms with Crippen LogP contribution in [0.25, 0.3) is 0 Å². The number of hydrogen-bond donors (Lipinski definition) is 4. The number of carbonyl (C=O) groups is 2. The first kappa shape index (κ1) is 17.9. The summed E-state index contributed by atoms with van der Waals surface area (Å²) in [5.41, 5.74) is 5.84.